The summed E-state index contributed by atoms with van der Waals surface area (Å²) < 4.78 is 28.5. The molecule has 1 heterocycles. The third-order valence-corrected chi connectivity index (χ3v) is 5.91. The third-order valence-electron chi connectivity index (χ3n) is 4.39. The molecule has 1 aromatic heterocycles. The maximum atomic E-state index is 12.9. The Morgan fingerprint density at radius 3 is 2.38 bits per heavy atom. The van der Waals surface area contributed by atoms with Gasteiger partial charge in [0.2, 0.25) is 0 Å². The number of benzene rings is 2. The summed E-state index contributed by atoms with van der Waals surface area (Å²) in [4.78, 5) is 16.6. The second-order valence-electron chi connectivity index (χ2n) is 7.01. The fourth-order valence-corrected chi connectivity index (χ4v) is 4.37. The SMILES string of the molecule is Cc1cc(C)cc(NS(=O)(=O)c2cc(C(=O)NCc3cccnc3)ccc2C)c1. The largest absolute Gasteiger partial charge is 0.348 e. The number of carbonyl (C=O) groups excluding carboxylic acids is 1. The molecule has 7 heteroatoms. The average molecular weight is 410 g/mol. The first-order valence-corrected chi connectivity index (χ1v) is 10.6. The van der Waals surface area contributed by atoms with E-state index >= 15 is 0 Å². The van der Waals surface area contributed by atoms with E-state index in [-0.39, 0.29) is 16.4 Å². The monoisotopic (exact) mass is 409 g/mol. The van der Waals surface area contributed by atoms with Gasteiger partial charge in [-0.2, -0.15) is 0 Å². The molecule has 0 radical (unpaired) electrons. The lowest BCUT2D eigenvalue weighted by Crippen LogP contribution is -2.23. The number of carbonyl (C=O) groups is 1. The van der Waals surface area contributed by atoms with Crippen LogP contribution in [0.2, 0.25) is 0 Å². The lowest BCUT2D eigenvalue weighted by atomic mass is 10.1. The second kappa shape index (κ2) is 8.45. The zero-order valence-corrected chi connectivity index (χ0v) is 17.4. The number of rotatable bonds is 6. The van der Waals surface area contributed by atoms with E-state index in [1.165, 1.54) is 6.07 Å². The molecule has 0 aliphatic rings. The zero-order valence-electron chi connectivity index (χ0n) is 16.6. The molecule has 0 aliphatic heterocycles. The van der Waals surface area contributed by atoms with Crippen LogP contribution in [-0.2, 0) is 16.6 Å². The Labute approximate surface area is 171 Å². The highest BCUT2D eigenvalue weighted by molar-refractivity contribution is 7.92. The van der Waals surface area contributed by atoms with E-state index in [2.05, 4.69) is 15.0 Å². The van der Waals surface area contributed by atoms with Crippen molar-refractivity contribution in [1.82, 2.24) is 10.3 Å². The third kappa shape index (κ3) is 5.20. The molecule has 29 heavy (non-hydrogen) atoms. The van der Waals surface area contributed by atoms with Gasteiger partial charge in [-0.15, -0.1) is 0 Å². The number of hydrogen-bond acceptors (Lipinski definition) is 4. The first kappa shape index (κ1) is 20.5. The van der Waals surface area contributed by atoms with Crippen LogP contribution in [0.15, 0.2) is 65.8 Å². The van der Waals surface area contributed by atoms with Gasteiger partial charge in [0.25, 0.3) is 15.9 Å². The lowest BCUT2D eigenvalue weighted by molar-refractivity contribution is 0.0950. The second-order valence-corrected chi connectivity index (χ2v) is 8.66. The van der Waals surface area contributed by atoms with Crippen molar-refractivity contribution in [2.24, 2.45) is 0 Å². The van der Waals surface area contributed by atoms with Crippen molar-refractivity contribution >= 4 is 21.6 Å². The fraction of sp³-hybridized carbons (Fsp3) is 0.182. The predicted octanol–water partition coefficient (Wildman–Crippen LogP) is 3.74. The molecule has 3 rings (SSSR count). The number of pyridine rings is 1. The highest BCUT2D eigenvalue weighted by atomic mass is 32.2. The molecule has 0 saturated carbocycles. The van der Waals surface area contributed by atoms with Crippen molar-refractivity contribution in [3.8, 4) is 0 Å². The standard InChI is InChI=1S/C22H23N3O3S/c1-15-9-16(2)11-20(10-15)25-29(27,28)21-12-19(7-6-17(21)3)22(26)24-14-18-5-4-8-23-13-18/h4-13,25H,14H2,1-3H3,(H,24,26). The van der Waals surface area contributed by atoms with Crippen LogP contribution in [0.4, 0.5) is 5.69 Å². The van der Waals surface area contributed by atoms with Gasteiger partial charge >= 0.3 is 0 Å². The van der Waals surface area contributed by atoms with Gasteiger partial charge in [-0.3, -0.25) is 14.5 Å². The van der Waals surface area contributed by atoms with Gasteiger partial charge in [0, 0.05) is 30.2 Å². The van der Waals surface area contributed by atoms with Crippen LogP contribution in [0.3, 0.4) is 0 Å². The van der Waals surface area contributed by atoms with E-state index in [1.807, 2.05) is 26.0 Å². The van der Waals surface area contributed by atoms with Crippen LogP contribution in [0, 0.1) is 20.8 Å². The van der Waals surface area contributed by atoms with E-state index in [1.54, 1.807) is 49.6 Å². The quantitative estimate of drug-likeness (QED) is 0.649. The van der Waals surface area contributed by atoms with E-state index in [9.17, 15) is 13.2 Å². The van der Waals surface area contributed by atoms with E-state index < -0.39 is 10.0 Å². The topological polar surface area (TPSA) is 88.2 Å². The van der Waals surface area contributed by atoms with Gasteiger partial charge in [-0.05, 0) is 73.4 Å². The molecule has 2 N–H and O–H groups in total. The summed E-state index contributed by atoms with van der Waals surface area (Å²) in [7, 11) is -3.84. The Bertz CT molecular complexity index is 1120. The van der Waals surface area contributed by atoms with Crippen molar-refractivity contribution in [1.29, 1.82) is 0 Å². The summed E-state index contributed by atoms with van der Waals surface area (Å²) in [6.07, 6.45) is 3.32. The maximum absolute atomic E-state index is 12.9. The summed E-state index contributed by atoms with van der Waals surface area (Å²) in [6.45, 7) is 5.82. The molecule has 0 saturated heterocycles. The van der Waals surface area contributed by atoms with Gasteiger partial charge in [-0.1, -0.05) is 18.2 Å². The van der Waals surface area contributed by atoms with Crippen LogP contribution in [0.5, 0.6) is 0 Å². The Balaban J connectivity index is 1.82. The fourth-order valence-electron chi connectivity index (χ4n) is 3.06. The predicted molar refractivity (Wildman–Crippen MR) is 113 cm³/mol. The summed E-state index contributed by atoms with van der Waals surface area (Å²) in [5.74, 6) is -0.350. The molecule has 0 aliphatic carbocycles. The number of aryl methyl sites for hydroxylation is 3. The van der Waals surface area contributed by atoms with Crippen molar-refractivity contribution in [2.45, 2.75) is 32.2 Å². The van der Waals surface area contributed by atoms with Crippen molar-refractivity contribution in [3.63, 3.8) is 0 Å². The molecular formula is C22H23N3O3S. The number of aromatic nitrogens is 1. The minimum Gasteiger partial charge on any atom is -0.348 e. The number of anilines is 1. The van der Waals surface area contributed by atoms with Crippen LogP contribution in [0.1, 0.15) is 32.6 Å². The molecule has 0 spiro atoms. The molecule has 6 nitrogen and oxygen atoms in total. The molecule has 0 atom stereocenters. The normalized spacial score (nSPS) is 11.1. The van der Waals surface area contributed by atoms with Crippen LogP contribution in [0.25, 0.3) is 0 Å². The summed E-state index contributed by atoms with van der Waals surface area (Å²) in [5.41, 5.74) is 4.11. The maximum Gasteiger partial charge on any atom is 0.262 e. The molecule has 1 amide bonds. The first-order valence-electron chi connectivity index (χ1n) is 9.13. The summed E-state index contributed by atoms with van der Waals surface area (Å²) >= 11 is 0. The zero-order chi connectivity index (χ0) is 21.0. The van der Waals surface area contributed by atoms with Gasteiger partial charge in [0.05, 0.1) is 4.90 Å². The Morgan fingerprint density at radius 1 is 1.00 bits per heavy atom. The molecule has 0 unspecified atom stereocenters. The molecule has 2 aromatic carbocycles. The van der Waals surface area contributed by atoms with Gasteiger partial charge < -0.3 is 5.32 Å². The number of amides is 1. The van der Waals surface area contributed by atoms with Crippen LogP contribution >= 0.6 is 0 Å². The smallest absolute Gasteiger partial charge is 0.262 e. The van der Waals surface area contributed by atoms with Gasteiger partial charge in [0.15, 0.2) is 0 Å². The minimum absolute atomic E-state index is 0.0747. The van der Waals surface area contributed by atoms with Crippen molar-refractivity contribution in [3.05, 3.63) is 88.7 Å². The Morgan fingerprint density at radius 2 is 1.72 bits per heavy atom. The number of hydrogen-bond donors (Lipinski definition) is 2. The molecule has 0 bridgehead atoms. The Kier molecular flexibility index (Phi) is 5.98. The first-order chi connectivity index (χ1) is 13.7. The Hall–Kier alpha value is -3.19. The summed E-state index contributed by atoms with van der Waals surface area (Å²) in [6, 6.07) is 13.8. The summed E-state index contributed by atoms with van der Waals surface area (Å²) in [5, 5.41) is 2.78. The number of sulfonamides is 1. The molecule has 3 aromatic rings. The average Bonchev–Trinajstić information content (AvgIpc) is 2.66. The minimum atomic E-state index is -3.84. The van der Waals surface area contributed by atoms with Crippen molar-refractivity contribution < 1.29 is 13.2 Å². The van der Waals surface area contributed by atoms with Crippen LogP contribution in [-0.4, -0.2) is 19.3 Å². The molecule has 150 valence electrons. The highest BCUT2D eigenvalue weighted by Gasteiger charge is 2.19. The van der Waals surface area contributed by atoms with E-state index in [4.69, 9.17) is 0 Å². The lowest BCUT2D eigenvalue weighted by Gasteiger charge is -2.13. The van der Waals surface area contributed by atoms with Gasteiger partial charge in [0.1, 0.15) is 0 Å². The molecule has 0 fully saturated rings. The van der Waals surface area contributed by atoms with E-state index in [0.29, 0.717) is 17.8 Å². The van der Waals surface area contributed by atoms with Crippen LogP contribution < -0.4 is 10.0 Å². The number of nitrogens with one attached hydrogen (secondary N) is 2. The molecular weight excluding hydrogens is 386 g/mol. The number of nitrogens with zero attached hydrogens (tertiary/aromatic N) is 1. The van der Waals surface area contributed by atoms with E-state index in [0.717, 1.165) is 16.7 Å². The highest BCUT2D eigenvalue weighted by Crippen LogP contribution is 2.22. The van der Waals surface area contributed by atoms with Gasteiger partial charge in [-0.25, -0.2) is 8.42 Å². The van der Waals surface area contributed by atoms with Crippen molar-refractivity contribution in [2.75, 3.05) is 4.72 Å².